The molecule has 0 unspecified atom stereocenters. The van der Waals surface area contributed by atoms with E-state index in [1.54, 1.807) is 9.80 Å². The number of aromatic nitrogens is 1. The first-order valence-corrected chi connectivity index (χ1v) is 12.8. The molecule has 5 nitrogen and oxygen atoms in total. The first-order valence-electron chi connectivity index (χ1n) is 12.4. The molecular formula is C30H31ClFN3O2. The monoisotopic (exact) mass is 519 g/mol. The lowest BCUT2D eigenvalue weighted by molar-refractivity contribution is -0.132. The summed E-state index contributed by atoms with van der Waals surface area (Å²) in [6, 6.07) is 20.9. The molecule has 0 spiro atoms. The molecule has 0 bridgehead atoms. The minimum atomic E-state index is -0.408. The molecule has 1 aromatic heterocycles. The number of nitrogens with one attached hydrogen (secondary N) is 1. The number of nitrogens with zero attached hydrogens (tertiary/aromatic N) is 2. The fraction of sp³-hybridized carbons (Fsp3) is 0.267. The van der Waals surface area contributed by atoms with E-state index in [4.69, 9.17) is 11.6 Å². The third-order valence-electron chi connectivity index (χ3n) is 6.26. The number of amides is 2. The van der Waals surface area contributed by atoms with Crippen molar-refractivity contribution < 1.29 is 14.0 Å². The largest absolute Gasteiger partial charge is 0.361 e. The normalized spacial score (nSPS) is 11.2. The molecule has 7 heteroatoms. The van der Waals surface area contributed by atoms with Gasteiger partial charge < -0.3 is 14.8 Å². The summed E-state index contributed by atoms with van der Waals surface area (Å²) >= 11 is 6.06. The van der Waals surface area contributed by atoms with Crippen LogP contribution in [-0.4, -0.2) is 46.2 Å². The Morgan fingerprint density at radius 2 is 1.65 bits per heavy atom. The Labute approximate surface area is 221 Å². The van der Waals surface area contributed by atoms with Crippen LogP contribution in [0.25, 0.3) is 10.9 Å². The summed E-state index contributed by atoms with van der Waals surface area (Å²) in [5, 5.41) is 1.77. The fourth-order valence-corrected chi connectivity index (χ4v) is 4.52. The smallest absolute Gasteiger partial charge is 0.254 e. The van der Waals surface area contributed by atoms with Gasteiger partial charge in [-0.05, 0) is 65.9 Å². The third-order valence-corrected chi connectivity index (χ3v) is 6.51. The highest BCUT2D eigenvalue weighted by Gasteiger charge is 2.23. The molecule has 0 fully saturated rings. The van der Waals surface area contributed by atoms with Gasteiger partial charge in [0.2, 0.25) is 5.91 Å². The lowest BCUT2D eigenvalue weighted by Gasteiger charge is -2.29. The van der Waals surface area contributed by atoms with Gasteiger partial charge >= 0.3 is 0 Å². The van der Waals surface area contributed by atoms with Gasteiger partial charge in [-0.3, -0.25) is 9.59 Å². The Morgan fingerprint density at radius 3 is 2.35 bits per heavy atom. The zero-order valence-corrected chi connectivity index (χ0v) is 21.8. The molecule has 0 radical (unpaired) electrons. The van der Waals surface area contributed by atoms with Crippen molar-refractivity contribution >= 4 is 34.3 Å². The maximum absolute atomic E-state index is 13.7. The molecule has 1 heterocycles. The molecule has 4 rings (SSSR count). The number of aromatic amines is 1. The highest BCUT2D eigenvalue weighted by Crippen LogP contribution is 2.20. The molecule has 37 heavy (non-hydrogen) atoms. The van der Waals surface area contributed by atoms with E-state index in [9.17, 15) is 14.0 Å². The van der Waals surface area contributed by atoms with E-state index in [1.807, 2.05) is 62.5 Å². The predicted octanol–water partition coefficient (Wildman–Crippen LogP) is 6.33. The average molecular weight is 520 g/mol. The molecule has 0 aliphatic heterocycles. The fourth-order valence-electron chi connectivity index (χ4n) is 4.39. The summed E-state index contributed by atoms with van der Waals surface area (Å²) in [5.41, 5.74) is 3.50. The summed E-state index contributed by atoms with van der Waals surface area (Å²) < 4.78 is 13.4. The van der Waals surface area contributed by atoms with Crippen molar-refractivity contribution in [2.45, 2.75) is 26.8 Å². The predicted molar refractivity (Wildman–Crippen MR) is 146 cm³/mol. The third kappa shape index (κ3) is 6.98. The summed E-state index contributed by atoms with van der Waals surface area (Å²) in [7, 11) is 0. The van der Waals surface area contributed by atoms with E-state index in [-0.39, 0.29) is 24.3 Å². The highest BCUT2D eigenvalue weighted by molar-refractivity contribution is 6.30. The van der Waals surface area contributed by atoms with Gasteiger partial charge in [-0.25, -0.2) is 4.39 Å². The van der Waals surface area contributed by atoms with Crippen molar-refractivity contribution in [1.29, 1.82) is 0 Å². The standard InChI is InChI=1S/C30H31ClFN3O2/c1-21(2)18-35(30(37)23-9-13-26(32)14-10-23)20-29(36)34(19-22-7-11-25(31)12-8-22)16-15-24-17-33-28-6-4-3-5-27(24)28/h3-14,17,21,33H,15-16,18-20H2,1-2H3. The lowest BCUT2D eigenvalue weighted by atomic mass is 10.1. The molecular weight excluding hydrogens is 489 g/mol. The number of hydrogen-bond donors (Lipinski definition) is 1. The van der Waals surface area contributed by atoms with Gasteiger partial charge in [0.15, 0.2) is 0 Å². The van der Waals surface area contributed by atoms with Crippen LogP contribution >= 0.6 is 11.6 Å². The van der Waals surface area contributed by atoms with Crippen molar-refractivity contribution in [3.8, 4) is 0 Å². The second-order valence-corrected chi connectivity index (χ2v) is 10.1. The van der Waals surface area contributed by atoms with Crippen LogP contribution in [0.4, 0.5) is 4.39 Å². The van der Waals surface area contributed by atoms with E-state index < -0.39 is 5.82 Å². The van der Waals surface area contributed by atoms with E-state index in [0.29, 0.717) is 36.6 Å². The molecule has 0 saturated heterocycles. The number of H-pyrrole nitrogens is 1. The van der Waals surface area contributed by atoms with E-state index in [2.05, 4.69) is 11.1 Å². The van der Waals surface area contributed by atoms with E-state index in [1.165, 1.54) is 24.3 Å². The Kier molecular flexibility index (Phi) is 8.62. The van der Waals surface area contributed by atoms with Crippen LogP contribution in [-0.2, 0) is 17.8 Å². The summed E-state index contributed by atoms with van der Waals surface area (Å²) in [6.45, 7) is 5.24. The van der Waals surface area contributed by atoms with Crippen LogP contribution < -0.4 is 0 Å². The zero-order valence-electron chi connectivity index (χ0n) is 21.1. The van der Waals surface area contributed by atoms with Gasteiger partial charge in [0, 0.05) is 47.3 Å². The first kappa shape index (κ1) is 26.4. The molecule has 0 aliphatic carbocycles. The molecule has 2 amide bonds. The van der Waals surface area contributed by atoms with Gasteiger partial charge in [0.05, 0.1) is 0 Å². The molecule has 3 aromatic carbocycles. The zero-order chi connectivity index (χ0) is 26.4. The van der Waals surface area contributed by atoms with Gasteiger partial charge in [-0.2, -0.15) is 0 Å². The second kappa shape index (κ2) is 12.1. The number of benzene rings is 3. The Morgan fingerprint density at radius 1 is 0.946 bits per heavy atom. The maximum atomic E-state index is 13.7. The van der Waals surface area contributed by atoms with E-state index >= 15 is 0 Å². The van der Waals surface area contributed by atoms with E-state index in [0.717, 1.165) is 22.0 Å². The van der Waals surface area contributed by atoms with Crippen molar-refractivity contribution in [2.24, 2.45) is 5.92 Å². The van der Waals surface area contributed by atoms with Crippen molar-refractivity contribution in [2.75, 3.05) is 19.6 Å². The molecule has 0 saturated carbocycles. The van der Waals surface area contributed by atoms with Crippen molar-refractivity contribution in [3.63, 3.8) is 0 Å². The SMILES string of the molecule is CC(C)CN(CC(=O)N(CCc1c[nH]c2ccccc12)Cc1ccc(Cl)cc1)C(=O)c1ccc(F)cc1. The second-order valence-electron chi connectivity index (χ2n) is 9.64. The first-order chi connectivity index (χ1) is 17.8. The van der Waals surface area contributed by atoms with Crippen LogP contribution in [0.3, 0.4) is 0 Å². The number of carbonyl (C=O) groups excluding carboxylic acids is 2. The quantitative estimate of drug-likeness (QED) is 0.266. The molecule has 192 valence electrons. The van der Waals surface area contributed by atoms with Crippen molar-refractivity contribution in [3.05, 3.63) is 107 Å². The summed E-state index contributed by atoms with van der Waals surface area (Å²) in [4.78, 5) is 33.5. The molecule has 0 atom stereocenters. The molecule has 4 aromatic rings. The average Bonchev–Trinajstić information content (AvgIpc) is 3.30. The lowest BCUT2D eigenvalue weighted by Crippen LogP contribution is -2.44. The number of para-hydroxylation sites is 1. The Balaban J connectivity index is 1.55. The van der Waals surface area contributed by atoms with Crippen molar-refractivity contribution in [1.82, 2.24) is 14.8 Å². The van der Waals surface area contributed by atoms with Gasteiger partial charge in [0.25, 0.3) is 5.91 Å². The summed E-state index contributed by atoms with van der Waals surface area (Å²) in [6.07, 6.45) is 2.65. The minimum Gasteiger partial charge on any atom is -0.361 e. The van der Waals surface area contributed by atoms with Gasteiger partial charge in [-0.1, -0.05) is 55.8 Å². The van der Waals surface area contributed by atoms with Gasteiger partial charge in [0.1, 0.15) is 12.4 Å². The van der Waals surface area contributed by atoms with Crippen LogP contribution in [0.2, 0.25) is 5.02 Å². The Hall–Kier alpha value is -3.64. The topological polar surface area (TPSA) is 56.4 Å². The minimum absolute atomic E-state index is 0.0597. The molecule has 1 N–H and O–H groups in total. The van der Waals surface area contributed by atoms with Gasteiger partial charge in [-0.15, -0.1) is 0 Å². The number of hydrogen-bond acceptors (Lipinski definition) is 2. The van der Waals surface area contributed by atoms with Crippen LogP contribution in [0.15, 0.2) is 79.0 Å². The number of rotatable bonds is 10. The maximum Gasteiger partial charge on any atom is 0.254 e. The Bertz CT molecular complexity index is 1350. The van der Waals surface area contributed by atoms with Crippen LogP contribution in [0.1, 0.15) is 35.3 Å². The highest BCUT2D eigenvalue weighted by atomic mass is 35.5. The summed E-state index contributed by atoms with van der Waals surface area (Å²) in [5.74, 6) is -0.682. The number of fused-ring (bicyclic) bond motifs is 1. The number of halogens is 2. The van der Waals surface area contributed by atoms with Crippen LogP contribution in [0.5, 0.6) is 0 Å². The molecule has 0 aliphatic rings. The number of carbonyl (C=O) groups is 2. The van der Waals surface area contributed by atoms with Crippen LogP contribution in [0, 0.1) is 11.7 Å².